The number of hydrogen-bond acceptors (Lipinski definition) is 4. The molecular formula is C11H12BrFN2O4. The summed E-state index contributed by atoms with van der Waals surface area (Å²) < 4.78 is 13.3. The number of rotatable bonds is 5. The first-order valence-corrected chi connectivity index (χ1v) is 6.16. The number of aliphatic carboxylic acids is 1. The van der Waals surface area contributed by atoms with Crippen LogP contribution in [0.2, 0.25) is 0 Å². The second-order valence-corrected chi connectivity index (χ2v) is 5.10. The van der Waals surface area contributed by atoms with Crippen LogP contribution in [0.3, 0.4) is 0 Å². The van der Waals surface area contributed by atoms with Gasteiger partial charge in [0.2, 0.25) is 0 Å². The Morgan fingerprint density at radius 3 is 2.53 bits per heavy atom. The predicted molar refractivity (Wildman–Crippen MR) is 70.6 cm³/mol. The summed E-state index contributed by atoms with van der Waals surface area (Å²) in [7, 11) is 0. The normalized spacial score (nSPS) is 12.3. The molecule has 0 aliphatic rings. The van der Waals surface area contributed by atoms with Crippen molar-refractivity contribution in [3.8, 4) is 0 Å². The van der Waals surface area contributed by atoms with E-state index in [4.69, 9.17) is 5.11 Å². The van der Waals surface area contributed by atoms with E-state index >= 15 is 0 Å². The smallest absolute Gasteiger partial charge is 0.326 e. The molecule has 8 heteroatoms. The van der Waals surface area contributed by atoms with Crippen LogP contribution in [0.25, 0.3) is 0 Å². The quantitative estimate of drug-likeness (QED) is 0.637. The predicted octanol–water partition coefficient (Wildman–Crippen LogP) is 3.02. The molecule has 1 unspecified atom stereocenters. The maximum Gasteiger partial charge on any atom is 0.326 e. The van der Waals surface area contributed by atoms with E-state index in [-0.39, 0.29) is 16.1 Å². The van der Waals surface area contributed by atoms with Crippen molar-refractivity contribution in [1.82, 2.24) is 0 Å². The number of anilines is 1. The van der Waals surface area contributed by atoms with Gasteiger partial charge in [-0.05, 0) is 27.9 Å². The molecule has 1 aromatic rings. The third-order valence-electron chi connectivity index (χ3n) is 2.48. The molecule has 0 saturated heterocycles. The molecule has 0 heterocycles. The number of hydrogen-bond donors (Lipinski definition) is 2. The lowest BCUT2D eigenvalue weighted by molar-refractivity contribution is -0.384. The summed E-state index contributed by atoms with van der Waals surface area (Å²) in [5.41, 5.74) is -0.549. The number of carboxylic acids is 1. The largest absolute Gasteiger partial charge is 0.480 e. The van der Waals surface area contributed by atoms with Crippen LogP contribution in [0.4, 0.5) is 15.8 Å². The number of carboxylic acid groups (broad SMARTS) is 1. The molecule has 0 saturated carbocycles. The van der Waals surface area contributed by atoms with Crippen LogP contribution in [0.1, 0.15) is 13.8 Å². The number of nitrogens with zero attached hydrogens (tertiary/aromatic N) is 1. The minimum absolute atomic E-state index is 0.0218. The van der Waals surface area contributed by atoms with Crippen LogP contribution >= 0.6 is 15.9 Å². The fourth-order valence-electron chi connectivity index (χ4n) is 1.48. The first-order valence-electron chi connectivity index (χ1n) is 5.36. The van der Waals surface area contributed by atoms with Crippen LogP contribution < -0.4 is 5.32 Å². The van der Waals surface area contributed by atoms with Gasteiger partial charge in [-0.25, -0.2) is 9.18 Å². The summed E-state index contributed by atoms with van der Waals surface area (Å²) in [4.78, 5) is 21.1. The van der Waals surface area contributed by atoms with E-state index < -0.39 is 28.4 Å². The molecule has 0 aliphatic heterocycles. The molecule has 0 fully saturated rings. The van der Waals surface area contributed by atoms with Crippen molar-refractivity contribution in [2.24, 2.45) is 5.92 Å². The third kappa shape index (κ3) is 3.63. The lowest BCUT2D eigenvalue weighted by atomic mass is 10.0. The van der Waals surface area contributed by atoms with Crippen LogP contribution in [-0.4, -0.2) is 22.0 Å². The summed E-state index contributed by atoms with van der Waals surface area (Å²) in [5.74, 6) is -2.21. The van der Waals surface area contributed by atoms with Crippen LogP contribution in [0.5, 0.6) is 0 Å². The molecule has 0 radical (unpaired) electrons. The number of nitro benzene ring substituents is 1. The van der Waals surface area contributed by atoms with E-state index in [1.54, 1.807) is 13.8 Å². The summed E-state index contributed by atoms with van der Waals surface area (Å²) in [6.45, 7) is 3.33. The van der Waals surface area contributed by atoms with Gasteiger partial charge in [-0.1, -0.05) is 13.8 Å². The Morgan fingerprint density at radius 1 is 1.53 bits per heavy atom. The molecule has 2 N–H and O–H groups in total. The molecule has 0 bridgehead atoms. The Kier molecular flexibility index (Phi) is 4.82. The minimum Gasteiger partial charge on any atom is -0.480 e. The first kappa shape index (κ1) is 15.4. The summed E-state index contributed by atoms with van der Waals surface area (Å²) in [6.07, 6.45) is 0. The van der Waals surface area contributed by atoms with Gasteiger partial charge in [0.15, 0.2) is 0 Å². The fourth-order valence-corrected chi connectivity index (χ4v) is 1.83. The topological polar surface area (TPSA) is 92.5 Å². The van der Waals surface area contributed by atoms with E-state index in [9.17, 15) is 19.3 Å². The van der Waals surface area contributed by atoms with Gasteiger partial charge >= 0.3 is 5.97 Å². The Bertz CT molecular complexity index is 522. The average Bonchev–Trinajstić information content (AvgIpc) is 2.28. The van der Waals surface area contributed by atoms with Crippen molar-refractivity contribution in [2.75, 3.05) is 5.32 Å². The van der Waals surface area contributed by atoms with Gasteiger partial charge in [0.25, 0.3) is 5.69 Å². The van der Waals surface area contributed by atoms with Crippen molar-refractivity contribution >= 4 is 33.3 Å². The molecule has 1 atom stereocenters. The van der Waals surface area contributed by atoms with Crippen molar-refractivity contribution in [3.05, 3.63) is 32.5 Å². The summed E-state index contributed by atoms with van der Waals surface area (Å²) >= 11 is 2.91. The molecule has 6 nitrogen and oxygen atoms in total. The SMILES string of the molecule is CC(C)C(Nc1cc(Br)c(F)cc1[N+](=O)[O-])C(=O)O. The van der Waals surface area contributed by atoms with Crippen molar-refractivity contribution in [1.29, 1.82) is 0 Å². The van der Waals surface area contributed by atoms with Gasteiger partial charge in [0, 0.05) is 0 Å². The van der Waals surface area contributed by atoms with E-state index in [2.05, 4.69) is 21.2 Å². The molecule has 0 aliphatic carbocycles. The molecule has 0 amide bonds. The Hall–Kier alpha value is -1.70. The Labute approximate surface area is 116 Å². The number of nitro groups is 1. The van der Waals surface area contributed by atoms with Gasteiger partial charge in [-0.3, -0.25) is 10.1 Å². The molecular weight excluding hydrogens is 323 g/mol. The van der Waals surface area contributed by atoms with E-state index in [0.29, 0.717) is 0 Å². The maximum atomic E-state index is 13.3. The van der Waals surface area contributed by atoms with Gasteiger partial charge in [-0.2, -0.15) is 0 Å². The lowest BCUT2D eigenvalue weighted by Crippen LogP contribution is -2.34. The molecule has 1 aromatic carbocycles. The monoisotopic (exact) mass is 334 g/mol. The highest BCUT2D eigenvalue weighted by Gasteiger charge is 2.26. The number of nitrogens with one attached hydrogen (secondary N) is 1. The highest BCUT2D eigenvalue weighted by atomic mass is 79.9. The van der Waals surface area contributed by atoms with Crippen LogP contribution in [-0.2, 0) is 4.79 Å². The van der Waals surface area contributed by atoms with Gasteiger partial charge in [-0.15, -0.1) is 0 Å². The van der Waals surface area contributed by atoms with E-state index in [0.717, 1.165) is 12.1 Å². The Balaban J connectivity index is 3.22. The second kappa shape index (κ2) is 5.96. The Morgan fingerprint density at radius 2 is 2.11 bits per heavy atom. The van der Waals surface area contributed by atoms with Crippen LogP contribution in [0, 0.1) is 21.8 Å². The highest BCUT2D eigenvalue weighted by molar-refractivity contribution is 9.10. The number of carbonyl (C=O) groups is 1. The lowest BCUT2D eigenvalue weighted by Gasteiger charge is -2.19. The zero-order chi connectivity index (χ0) is 14.7. The highest BCUT2D eigenvalue weighted by Crippen LogP contribution is 2.31. The zero-order valence-corrected chi connectivity index (χ0v) is 11.8. The number of benzene rings is 1. The summed E-state index contributed by atoms with van der Waals surface area (Å²) in [6, 6.07) is 0.897. The molecule has 104 valence electrons. The second-order valence-electron chi connectivity index (χ2n) is 4.24. The van der Waals surface area contributed by atoms with Crippen molar-refractivity contribution in [2.45, 2.75) is 19.9 Å². The molecule has 0 spiro atoms. The van der Waals surface area contributed by atoms with Gasteiger partial charge in [0.1, 0.15) is 17.5 Å². The minimum atomic E-state index is -1.13. The van der Waals surface area contributed by atoms with Gasteiger partial charge < -0.3 is 10.4 Å². The number of halogens is 2. The fraction of sp³-hybridized carbons (Fsp3) is 0.364. The molecule has 1 rings (SSSR count). The first-order chi connectivity index (χ1) is 8.73. The average molecular weight is 335 g/mol. The molecule has 0 aromatic heterocycles. The standard InChI is InChI=1S/C11H12BrFN2O4/c1-5(2)10(11(16)17)14-8-3-6(12)7(13)4-9(8)15(18)19/h3-5,10,14H,1-2H3,(H,16,17). The zero-order valence-electron chi connectivity index (χ0n) is 10.2. The van der Waals surface area contributed by atoms with Crippen LogP contribution in [0.15, 0.2) is 16.6 Å². The maximum absolute atomic E-state index is 13.3. The van der Waals surface area contributed by atoms with Crippen molar-refractivity contribution < 1.29 is 19.2 Å². The van der Waals surface area contributed by atoms with E-state index in [1.165, 1.54) is 0 Å². The summed E-state index contributed by atoms with van der Waals surface area (Å²) in [5, 5.41) is 22.4. The van der Waals surface area contributed by atoms with Crippen molar-refractivity contribution in [3.63, 3.8) is 0 Å². The third-order valence-corrected chi connectivity index (χ3v) is 3.09. The van der Waals surface area contributed by atoms with Gasteiger partial charge in [0.05, 0.1) is 15.5 Å². The molecule has 19 heavy (non-hydrogen) atoms. The van der Waals surface area contributed by atoms with E-state index in [1.807, 2.05) is 0 Å².